The van der Waals surface area contributed by atoms with Gasteiger partial charge in [-0.25, -0.2) is 0 Å². The van der Waals surface area contributed by atoms with Gasteiger partial charge in [0.25, 0.3) is 0 Å². The van der Waals surface area contributed by atoms with E-state index in [0.717, 1.165) is 55.5 Å². The van der Waals surface area contributed by atoms with Gasteiger partial charge in [0.05, 0.1) is 26.0 Å². The minimum atomic E-state index is -0.460. The van der Waals surface area contributed by atoms with E-state index >= 15 is 0 Å². The highest BCUT2D eigenvalue weighted by atomic mass is 16.5. The molecule has 0 saturated carbocycles. The maximum absolute atomic E-state index is 12.7. The Morgan fingerprint density at radius 2 is 1.78 bits per heavy atom. The van der Waals surface area contributed by atoms with Crippen LogP contribution < -0.4 is 25.2 Å². The van der Waals surface area contributed by atoms with Crippen molar-refractivity contribution in [1.82, 2.24) is 0 Å². The molecular formula is C24H30N4O4. The number of carbonyl (C=O) groups is 2. The summed E-state index contributed by atoms with van der Waals surface area (Å²) in [4.78, 5) is 28.8. The van der Waals surface area contributed by atoms with Crippen LogP contribution in [0.3, 0.4) is 0 Å². The maximum atomic E-state index is 12.7. The van der Waals surface area contributed by atoms with Crippen LogP contribution in [0, 0.1) is 0 Å². The van der Waals surface area contributed by atoms with E-state index in [1.807, 2.05) is 49.4 Å². The number of carbonyl (C=O) groups excluding carboxylic acids is 2. The second-order valence-corrected chi connectivity index (χ2v) is 8.04. The largest absolute Gasteiger partial charge is 0.494 e. The van der Waals surface area contributed by atoms with Gasteiger partial charge in [0.15, 0.2) is 0 Å². The third kappa shape index (κ3) is 4.96. The Kier molecular flexibility index (Phi) is 6.80. The number of benzene rings is 2. The predicted octanol–water partition coefficient (Wildman–Crippen LogP) is 3.10. The standard InChI is InChI=1S/C24H30N4O4/c1-17(24(30)26-18-5-8-20(9-6-18)27-12-14-32-15-13-27)25-19-7-10-21(22(16-19)31-2)28-11-3-4-23(28)29/h5-10,16-17,25H,3-4,11-15H2,1-2H3,(H,26,30). The monoisotopic (exact) mass is 438 g/mol. The number of ether oxygens (including phenoxy) is 2. The first-order valence-corrected chi connectivity index (χ1v) is 11.0. The van der Waals surface area contributed by atoms with Crippen molar-refractivity contribution in [1.29, 1.82) is 0 Å². The van der Waals surface area contributed by atoms with Crippen LogP contribution in [0.1, 0.15) is 19.8 Å². The average molecular weight is 439 g/mol. The lowest BCUT2D eigenvalue weighted by molar-refractivity contribution is -0.117. The van der Waals surface area contributed by atoms with Crippen LogP contribution >= 0.6 is 0 Å². The molecule has 2 amide bonds. The highest BCUT2D eigenvalue weighted by Gasteiger charge is 2.25. The van der Waals surface area contributed by atoms with Crippen LogP contribution in [0.2, 0.25) is 0 Å². The lowest BCUT2D eigenvalue weighted by Crippen LogP contribution is -2.36. The molecule has 2 saturated heterocycles. The summed E-state index contributed by atoms with van der Waals surface area (Å²) in [5.74, 6) is 0.579. The fourth-order valence-electron chi connectivity index (χ4n) is 4.04. The van der Waals surface area contributed by atoms with Crippen molar-refractivity contribution >= 4 is 34.6 Å². The number of hydrogen-bond acceptors (Lipinski definition) is 6. The molecule has 2 aromatic carbocycles. The molecule has 2 aliphatic heterocycles. The van der Waals surface area contributed by atoms with E-state index in [0.29, 0.717) is 18.7 Å². The van der Waals surface area contributed by atoms with Crippen molar-refractivity contribution in [3.63, 3.8) is 0 Å². The van der Waals surface area contributed by atoms with E-state index in [1.165, 1.54) is 0 Å². The fraction of sp³-hybridized carbons (Fsp3) is 0.417. The van der Waals surface area contributed by atoms with Gasteiger partial charge in [-0.05, 0) is 49.7 Å². The Morgan fingerprint density at radius 3 is 2.44 bits per heavy atom. The van der Waals surface area contributed by atoms with Gasteiger partial charge in [0, 0.05) is 49.2 Å². The van der Waals surface area contributed by atoms with Crippen LogP contribution in [0.4, 0.5) is 22.7 Å². The minimum Gasteiger partial charge on any atom is -0.494 e. The molecule has 0 aliphatic carbocycles. The molecule has 8 nitrogen and oxygen atoms in total. The number of morpholine rings is 1. The Hall–Kier alpha value is -3.26. The highest BCUT2D eigenvalue weighted by molar-refractivity contribution is 5.98. The summed E-state index contributed by atoms with van der Waals surface area (Å²) in [6.07, 6.45) is 1.42. The summed E-state index contributed by atoms with van der Waals surface area (Å²) in [6, 6.07) is 13.0. The van der Waals surface area contributed by atoms with Gasteiger partial charge >= 0.3 is 0 Å². The van der Waals surface area contributed by atoms with E-state index in [9.17, 15) is 9.59 Å². The van der Waals surface area contributed by atoms with E-state index in [2.05, 4.69) is 15.5 Å². The molecule has 2 N–H and O–H groups in total. The summed E-state index contributed by atoms with van der Waals surface area (Å²) >= 11 is 0. The Labute approximate surface area is 188 Å². The molecule has 170 valence electrons. The molecule has 0 radical (unpaired) electrons. The number of hydrogen-bond donors (Lipinski definition) is 2. The zero-order valence-corrected chi connectivity index (χ0v) is 18.6. The van der Waals surface area contributed by atoms with E-state index in [-0.39, 0.29) is 11.8 Å². The smallest absolute Gasteiger partial charge is 0.246 e. The number of methoxy groups -OCH3 is 1. The summed E-state index contributed by atoms with van der Waals surface area (Å²) in [6.45, 7) is 5.73. The van der Waals surface area contributed by atoms with Gasteiger partial charge < -0.3 is 29.9 Å². The summed E-state index contributed by atoms with van der Waals surface area (Å²) in [5, 5.41) is 6.16. The van der Waals surface area contributed by atoms with Crippen molar-refractivity contribution in [3.8, 4) is 5.75 Å². The molecule has 2 aromatic rings. The van der Waals surface area contributed by atoms with Crippen LogP contribution in [-0.4, -0.2) is 57.8 Å². The third-order valence-corrected chi connectivity index (χ3v) is 5.83. The molecule has 0 spiro atoms. The normalized spacial score (nSPS) is 17.2. The Bertz CT molecular complexity index is 957. The molecule has 0 bridgehead atoms. The van der Waals surface area contributed by atoms with Crippen molar-refractivity contribution in [2.75, 3.05) is 60.4 Å². The molecular weight excluding hydrogens is 408 g/mol. The summed E-state index contributed by atoms with van der Waals surface area (Å²) in [7, 11) is 1.58. The quantitative estimate of drug-likeness (QED) is 0.691. The zero-order chi connectivity index (χ0) is 22.5. The Balaban J connectivity index is 1.36. The van der Waals surface area contributed by atoms with Crippen LogP contribution in [-0.2, 0) is 14.3 Å². The molecule has 32 heavy (non-hydrogen) atoms. The summed E-state index contributed by atoms with van der Waals surface area (Å²) < 4.78 is 10.9. The van der Waals surface area contributed by atoms with Crippen LogP contribution in [0.25, 0.3) is 0 Å². The molecule has 2 fully saturated rings. The molecule has 1 unspecified atom stereocenters. The molecule has 8 heteroatoms. The lowest BCUT2D eigenvalue weighted by Gasteiger charge is -2.29. The van der Waals surface area contributed by atoms with Crippen molar-refractivity contribution in [2.45, 2.75) is 25.8 Å². The van der Waals surface area contributed by atoms with Gasteiger partial charge in [-0.2, -0.15) is 0 Å². The number of amides is 2. The first-order chi connectivity index (χ1) is 15.5. The van der Waals surface area contributed by atoms with Gasteiger partial charge in [-0.1, -0.05) is 0 Å². The minimum absolute atomic E-state index is 0.108. The fourth-order valence-corrected chi connectivity index (χ4v) is 4.04. The predicted molar refractivity (Wildman–Crippen MR) is 126 cm³/mol. The third-order valence-electron chi connectivity index (χ3n) is 5.83. The van der Waals surface area contributed by atoms with E-state index < -0.39 is 6.04 Å². The maximum Gasteiger partial charge on any atom is 0.246 e. The SMILES string of the molecule is COc1cc(NC(C)C(=O)Nc2ccc(N3CCOCC3)cc2)ccc1N1CCCC1=O. The molecule has 4 rings (SSSR count). The van der Waals surface area contributed by atoms with Crippen molar-refractivity contribution in [3.05, 3.63) is 42.5 Å². The van der Waals surface area contributed by atoms with E-state index in [4.69, 9.17) is 9.47 Å². The molecule has 2 aliphatic rings. The molecule has 1 atom stereocenters. The first kappa shape index (κ1) is 22.0. The van der Waals surface area contributed by atoms with Crippen molar-refractivity contribution in [2.24, 2.45) is 0 Å². The summed E-state index contributed by atoms with van der Waals surface area (Å²) in [5.41, 5.74) is 3.39. The second kappa shape index (κ2) is 9.91. The van der Waals surface area contributed by atoms with Gasteiger partial charge in [0.2, 0.25) is 11.8 Å². The molecule has 0 aromatic heterocycles. The van der Waals surface area contributed by atoms with E-state index in [1.54, 1.807) is 12.0 Å². The first-order valence-electron chi connectivity index (χ1n) is 11.0. The van der Waals surface area contributed by atoms with Crippen molar-refractivity contribution < 1.29 is 19.1 Å². The lowest BCUT2D eigenvalue weighted by atomic mass is 10.2. The number of rotatable bonds is 7. The van der Waals surface area contributed by atoms with Gasteiger partial charge in [0.1, 0.15) is 11.8 Å². The van der Waals surface area contributed by atoms with Gasteiger partial charge in [-0.3, -0.25) is 9.59 Å². The molecule has 2 heterocycles. The number of nitrogens with zero attached hydrogens (tertiary/aromatic N) is 2. The average Bonchev–Trinajstić information content (AvgIpc) is 3.25. The highest BCUT2D eigenvalue weighted by Crippen LogP contribution is 2.34. The van der Waals surface area contributed by atoms with Gasteiger partial charge in [-0.15, -0.1) is 0 Å². The topological polar surface area (TPSA) is 83.1 Å². The second-order valence-electron chi connectivity index (χ2n) is 8.04. The number of anilines is 4. The van der Waals surface area contributed by atoms with Crippen LogP contribution in [0.5, 0.6) is 5.75 Å². The number of nitrogens with one attached hydrogen (secondary N) is 2. The zero-order valence-electron chi connectivity index (χ0n) is 18.6. The van der Waals surface area contributed by atoms with Crippen LogP contribution in [0.15, 0.2) is 42.5 Å². The Morgan fingerprint density at radius 1 is 1.06 bits per heavy atom.